The third kappa shape index (κ3) is 4.73. The van der Waals surface area contributed by atoms with E-state index in [9.17, 15) is 0 Å². The fourth-order valence-electron chi connectivity index (χ4n) is 3.71. The van der Waals surface area contributed by atoms with Gasteiger partial charge in [-0.15, -0.1) is 0 Å². The lowest BCUT2D eigenvalue weighted by Gasteiger charge is -2.25. The molecule has 0 spiro atoms. The zero-order chi connectivity index (χ0) is 20.9. The first kappa shape index (κ1) is 19.7. The maximum absolute atomic E-state index is 5.40. The van der Waals surface area contributed by atoms with Gasteiger partial charge in [-0.3, -0.25) is 10.00 Å². The summed E-state index contributed by atoms with van der Waals surface area (Å²) in [6, 6.07) is 18.6. The van der Waals surface area contributed by atoms with E-state index in [0.717, 1.165) is 67.4 Å². The van der Waals surface area contributed by atoms with Crippen LogP contribution in [0.2, 0.25) is 0 Å². The third-order valence-electron chi connectivity index (χ3n) is 5.45. The van der Waals surface area contributed by atoms with Crippen LogP contribution in [0.3, 0.4) is 0 Å². The molecule has 0 saturated carbocycles. The number of nitrogens with one attached hydrogen (secondary N) is 2. The molecule has 2 aromatic carbocycles. The van der Waals surface area contributed by atoms with Crippen LogP contribution in [0.5, 0.6) is 0 Å². The molecule has 31 heavy (non-hydrogen) atoms. The van der Waals surface area contributed by atoms with Crippen molar-refractivity contribution >= 4 is 16.7 Å². The van der Waals surface area contributed by atoms with Gasteiger partial charge in [0.1, 0.15) is 11.5 Å². The average Bonchev–Trinajstić information content (AvgIpc) is 3.26. The lowest BCUT2D eigenvalue weighted by atomic mass is 10.1. The largest absolute Gasteiger partial charge is 0.381 e. The Bertz CT molecular complexity index is 1140. The van der Waals surface area contributed by atoms with Crippen molar-refractivity contribution in [1.29, 1.82) is 0 Å². The van der Waals surface area contributed by atoms with Gasteiger partial charge < -0.3 is 10.1 Å². The molecule has 5 rings (SSSR count). The molecule has 0 atom stereocenters. The minimum absolute atomic E-state index is 0.715. The summed E-state index contributed by atoms with van der Waals surface area (Å²) < 4.78 is 5.40. The van der Waals surface area contributed by atoms with Gasteiger partial charge in [-0.05, 0) is 17.7 Å². The Kier molecular flexibility index (Phi) is 5.86. The topological polar surface area (TPSA) is 79.0 Å². The summed E-state index contributed by atoms with van der Waals surface area (Å²) in [7, 11) is 0. The molecule has 7 nitrogen and oxygen atoms in total. The highest BCUT2D eigenvalue weighted by molar-refractivity contribution is 5.90. The normalized spacial score (nSPS) is 14.7. The van der Waals surface area contributed by atoms with Crippen molar-refractivity contribution in [3.8, 4) is 11.3 Å². The van der Waals surface area contributed by atoms with Crippen molar-refractivity contribution in [1.82, 2.24) is 25.1 Å². The van der Waals surface area contributed by atoms with Gasteiger partial charge >= 0.3 is 0 Å². The molecule has 2 aromatic heterocycles. The van der Waals surface area contributed by atoms with E-state index in [1.165, 1.54) is 5.56 Å². The number of aromatic amines is 1. The lowest BCUT2D eigenvalue weighted by molar-refractivity contribution is 0.0420. The molecule has 1 fully saturated rings. The van der Waals surface area contributed by atoms with Crippen molar-refractivity contribution in [2.75, 3.05) is 38.2 Å². The van der Waals surface area contributed by atoms with Gasteiger partial charge in [-0.25, -0.2) is 9.97 Å². The number of fused-ring (bicyclic) bond motifs is 1. The van der Waals surface area contributed by atoms with Crippen LogP contribution in [0.4, 0.5) is 5.69 Å². The van der Waals surface area contributed by atoms with Crippen LogP contribution in [0.15, 0.2) is 60.8 Å². The van der Waals surface area contributed by atoms with Gasteiger partial charge in [0.15, 0.2) is 5.65 Å². The van der Waals surface area contributed by atoms with E-state index >= 15 is 0 Å². The Labute approximate surface area is 181 Å². The molecule has 0 bridgehead atoms. The van der Waals surface area contributed by atoms with Gasteiger partial charge in [0, 0.05) is 50.0 Å². The number of benzene rings is 2. The second-order valence-electron chi connectivity index (χ2n) is 7.60. The summed E-state index contributed by atoms with van der Waals surface area (Å²) in [5, 5.41) is 12.0. The number of H-pyrrole nitrogens is 1. The first-order chi connectivity index (χ1) is 15.3. The summed E-state index contributed by atoms with van der Waals surface area (Å²) >= 11 is 0. The van der Waals surface area contributed by atoms with Crippen molar-refractivity contribution in [3.05, 3.63) is 78.6 Å². The summed E-state index contributed by atoms with van der Waals surface area (Å²) in [6.45, 7) is 5.07. The second-order valence-corrected chi connectivity index (χ2v) is 7.60. The molecule has 0 aliphatic carbocycles. The predicted molar refractivity (Wildman–Crippen MR) is 122 cm³/mol. The van der Waals surface area contributed by atoms with Crippen LogP contribution in [-0.2, 0) is 11.3 Å². The number of hydrogen-bond donors (Lipinski definition) is 2. The molecule has 1 aliphatic heterocycles. The number of morpholine rings is 1. The molecule has 157 valence electrons. The molecule has 2 N–H and O–H groups in total. The van der Waals surface area contributed by atoms with Gasteiger partial charge in [-0.1, -0.05) is 42.5 Å². The predicted octanol–water partition coefficient (Wildman–Crippen LogP) is 3.52. The van der Waals surface area contributed by atoms with Gasteiger partial charge in [0.25, 0.3) is 0 Å². The first-order valence-electron chi connectivity index (χ1n) is 10.6. The lowest BCUT2D eigenvalue weighted by Crippen LogP contribution is -2.37. The molecule has 7 heteroatoms. The third-order valence-corrected chi connectivity index (χ3v) is 5.45. The number of anilines is 1. The Morgan fingerprint density at radius 1 is 1.06 bits per heavy atom. The molecule has 1 saturated heterocycles. The van der Waals surface area contributed by atoms with E-state index in [0.29, 0.717) is 5.82 Å². The molecule has 0 amide bonds. The number of hydrogen-bond acceptors (Lipinski definition) is 6. The highest BCUT2D eigenvalue weighted by atomic mass is 16.5. The zero-order valence-electron chi connectivity index (χ0n) is 17.3. The summed E-state index contributed by atoms with van der Waals surface area (Å²) in [6.07, 6.45) is 3.91. The minimum atomic E-state index is 0.715. The van der Waals surface area contributed by atoms with E-state index in [4.69, 9.17) is 4.74 Å². The van der Waals surface area contributed by atoms with Gasteiger partial charge in [-0.2, -0.15) is 5.10 Å². The highest BCUT2D eigenvalue weighted by Gasteiger charge is 2.14. The Morgan fingerprint density at radius 2 is 1.94 bits per heavy atom. The van der Waals surface area contributed by atoms with Crippen LogP contribution in [0.1, 0.15) is 11.4 Å². The number of ether oxygens (including phenoxy) is 1. The Balaban J connectivity index is 1.29. The first-order valence-corrected chi connectivity index (χ1v) is 10.6. The van der Waals surface area contributed by atoms with Crippen LogP contribution in [-0.4, -0.2) is 57.9 Å². The second kappa shape index (κ2) is 9.24. The van der Waals surface area contributed by atoms with Crippen LogP contribution in [0.25, 0.3) is 22.3 Å². The SMILES string of the molecule is [CH](CN1CCOCC1)c1ncc2c(-c3cccc(NCc4ccccc4)c3)n[nH]c2n1. The zero-order valence-corrected chi connectivity index (χ0v) is 17.3. The van der Waals surface area contributed by atoms with E-state index in [1.54, 1.807) is 0 Å². The summed E-state index contributed by atoms with van der Waals surface area (Å²) in [5.74, 6) is 0.715. The smallest absolute Gasteiger partial charge is 0.159 e. The van der Waals surface area contributed by atoms with E-state index in [-0.39, 0.29) is 0 Å². The standard InChI is InChI=1S/C24H25N6O/c1-2-5-18(6-3-1)16-25-20-8-4-7-19(15-20)23-21-17-26-22(27-24(21)29-28-23)9-10-30-11-13-31-14-12-30/h1-9,15,17,25H,10-14,16H2,(H,26,27,28,29). The maximum atomic E-state index is 5.40. The molecular formula is C24H25N6O. The molecule has 0 unspecified atom stereocenters. The van der Waals surface area contributed by atoms with Gasteiger partial charge in [0.2, 0.25) is 0 Å². The minimum Gasteiger partial charge on any atom is -0.381 e. The number of nitrogens with zero attached hydrogens (tertiary/aromatic N) is 4. The van der Waals surface area contributed by atoms with Crippen LogP contribution in [0, 0.1) is 6.42 Å². The fraction of sp³-hybridized carbons (Fsp3) is 0.250. The molecule has 1 aliphatic rings. The van der Waals surface area contributed by atoms with Gasteiger partial charge in [0.05, 0.1) is 18.6 Å². The Hall–Kier alpha value is -3.29. The number of rotatable bonds is 7. The average molecular weight is 414 g/mol. The maximum Gasteiger partial charge on any atom is 0.159 e. The molecular weight excluding hydrogens is 388 g/mol. The van der Waals surface area contributed by atoms with E-state index in [1.807, 2.05) is 18.3 Å². The highest BCUT2D eigenvalue weighted by Crippen LogP contribution is 2.27. The van der Waals surface area contributed by atoms with Crippen molar-refractivity contribution < 1.29 is 4.74 Å². The Morgan fingerprint density at radius 3 is 2.81 bits per heavy atom. The molecule has 3 heterocycles. The molecule has 4 aromatic rings. The quantitative estimate of drug-likeness (QED) is 0.483. The van der Waals surface area contributed by atoms with Crippen molar-refractivity contribution in [2.24, 2.45) is 0 Å². The summed E-state index contributed by atoms with van der Waals surface area (Å²) in [4.78, 5) is 11.5. The van der Waals surface area contributed by atoms with Crippen LogP contribution >= 0.6 is 0 Å². The summed E-state index contributed by atoms with van der Waals surface area (Å²) in [5.41, 5.74) is 4.93. The van der Waals surface area contributed by atoms with E-state index < -0.39 is 0 Å². The fourth-order valence-corrected chi connectivity index (χ4v) is 3.71. The monoisotopic (exact) mass is 413 g/mol. The van der Waals surface area contributed by atoms with Crippen molar-refractivity contribution in [2.45, 2.75) is 6.54 Å². The van der Waals surface area contributed by atoms with Crippen LogP contribution < -0.4 is 5.32 Å². The number of aromatic nitrogens is 4. The van der Waals surface area contributed by atoms with Crippen molar-refractivity contribution in [3.63, 3.8) is 0 Å². The molecule has 1 radical (unpaired) electrons. The van der Waals surface area contributed by atoms with E-state index in [2.05, 4.69) is 79.3 Å².